The minimum absolute atomic E-state index is 0.0331. The number of hydrogen-bond donors (Lipinski definition) is 3. The number of phenolic OH excluding ortho intramolecular Hbond substituents is 1. The fourth-order valence-electron chi connectivity index (χ4n) is 0.896. The summed E-state index contributed by atoms with van der Waals surface area (Å²) in [5.41, 5.74) is 4.60. The summed E-state index contributed by atoms with van der Waals surface area (Å²) in [5.74, 6) is -0.971. The molecule has 0 aliphatic rings. The molecule has 0 spiro atoms. The van der Waals surface area contributed by atoms with Crippen molar-refractivity contribution in [3.63, 3.8) is 0 Å². The average Bonchev–Trinajstić information content (AvgIpc) is 2.03. The van der Waals surface area contributed by atoms with Gasteiger partial charge in [-0.3, -0.25) is 15.5 Å². The van der Waals surface area contributed by atoms with Crippen molar-refractivity contribution in [2.24, 2.45) is 5.73 Å². The van der Waals surface area contributed by atoms with Crippen molar-refractivity contribution in [3.05, 3.63) is 33.9 Å². The van der Waals surface area contributed by atoms with E-state index in [9.17, 15) is 15.2 Å². The average molecular weight is 181 g/mol. The minimum Gasteiger partial charge on any atom is -0.502 e. The van der Waals surface area contributed by atoms with Crippen LogP contribution in [0.4, 0.5) is 5.69 Å². The number of hydrogen-bond acceptors (Lipinski definition) is 4. The van der Waals surface area contributed by atoms with E-state index in [1.54, 1.807) is 0 Å². The molecule has 0 aliphatic heterocycles. The third kappa shape index (κ3) is 1.56. The van der Waals surface area contributed by atoms with E-state index in [-0.39, 0.29) is 5.56 Å². The molecule has 0 unspecified atom stereocenters. The van der Waals surface area contributed by atoms with Gasteiger partial charge in [0.1, 0.15) is 5.84 Å². The Labute approximate surface area is 73.3 Å². The van der Waals surface area contributed by atoms with Crippen LogP contribution in [0.2, 0.25) is 0 Å². The Morgan fingerprint density at radius 3 is 2.69 bits per heavy atom. The minimum atomic E-state index is -0.734. The lowest BCUT2D eigenvalue weighted by molar-refractivity contribution is -0.385. The molecule has 1 aromatic rings. The maximum atomic E-state index is 10.3. The van der Waals surface area contributed by atoms with E-state index < -0.39 is 22.2 Å². The molecule has 68 valence electrons. The van der Waals surface area contributed by atoms with Crippen molar-refractivity contribution in [2.45, 2.75) is 0 Å². The predicted molar refractivity (Wildman–Crippen MR) is 45.8 cm³/mol. The molecule has 0 atom stereocenters. The molecule has 13 heavy (non-hydrogen) atoms. The van der Waals surface area contributed by atoms with Gasteiger partial charge < -0.3 is 10.8 Å². The van der Waals surface area contributed by atoms with Gasteiger partial charge in [0, 0.05) is 6.07 Å². The molecule has 0 bridgehead atoms. The van der Waals surface area contributed by atoms with Crippen LogP contribution >= 0.6 is 0 Å². The van der Waals surface area contributed by atoms with Gasteiger partial charge in [0.25, 0.3) is 0 Å². The molecule has 0 aromatic heterocycles. The van der Waals surface area contributed by atoms with Crippen LogP contribution in [0.15, 0.2) is 18.2 Å². The van der Waals surface area contributed by atoms with E-state index in [4.69, 9.17) is 11.1 Å². The molecule has 4 N–H and O–H groups in total. The SMILES string of the molecule is N=C(N)c1cccc([N+](=O)[O-])c1O. The van der Waals surface area contributed by atoms with E-state index in [2.05, 4.69) is 0 Å². The Bertz CT molecular complexity index is 343. The summed E-state index contributed by atoms with van der Waals surface area (Å²) >= 11 is 0. The number of nitrogens with two attached hydrogens (primary N) is 1. The lowest BCUT2D eigenvalue weighted by Crippen LogP contribution is -2.11. The van der Waals surface area contributed by atoms with Gasteiger partial charge in [-0.2, -0.15) is 0 Å². The monoisotopic (exact) mass is 181 g/mol. The first-order chi connectivity index (χ1) is 6.04. The quantitative estimate of drug-likeness (QED) is 0.268. The number of nitrogen functional groups attached to an aromatic ring is 1. The molecule has 0 fully saturated rings. The Morgan fingerprint density at radius 2 is 2.23 bits per heavy atom. The first-order valence-electron chi connectivity index (χ1n) is 3.35. The number of nitro benzene ring substituents is 1. The van der Waals surface area contributed by atoms with Gasteiger partial charge in [0.2, 0.25) is 5.75 Å². The summed E-state index contributed by atoms with van der Waals surface area (Å²) in [5, 5.41) is 26.6. The second-order valence-corrected chi connectivity index (χ2v) is 2.34. The molecule has 0 radical (unpaired) electrons. The highest BCUT2D eigenvalue weighted by Crippen LogP contribution is 2.28. The van der Waals surface area contributed by atoms with Crippen molar-refractivity contribution >= 4 is 11.5 Å². The second-order valence-electron chi connectivity index (χ2n) is 2.34. The number of nitrogens with zero attached hydrogens (tertiary/aromatic N) is 1. The summed E-state index contributed by atoms with van der Waals surface area (Å²) in [6.45, 7) is 0. The van der Waals surface area contributed by atoms with Gasteiger partial charge in [-0.15, -0.1) is 0 Å². The highest BCUT2D eigenvalue weighted by Gasteiger charge is 2.17. The van der Waals surface area contributed by atoms with Gasteiger partial charge in [-0.05, 0) is 6.07 Å². The van der Waals surface area contributed by atoms with E-state index in [1.165, 1.54) is 12.1 Å². The van der Waals surface area contributed by atoms with Gasteiger partial charge in [0.15, 0.2) is 0 Å². The van der Waals surface area contributed by atoms with Gasteiger partial charge in [-0.1, -0.05) is 6.07 Å². The van der Waals surface area contributed by atoms with Crippen LogP contribution in [0, 0.1) is 15.5 Å². The van der Waals surface area contributed by atoms with E-state index in [0.717, 1.165) is 6.07 Å². The maximum absolute atomic E-state index is 10.3. The van der Waals surface area contributed by atoms with Crippen LogP contribution < -0.4 is 5.73 Å². The summed E-state index contributed by atoms with van der Waals surface area (Å²) in [6.07, 6.45) is 0. The lowest BCUT2D eigenvalue weighted by Gasteiger charge is -2.01. The Hall–Kier alpha value is -2.11. The molecule has 1 aromatic carbocycles. The van der Waals surface area contributed by atoms with Crippen LogP contribution in [0.1, 0.15) is 5.56 Å². The number of benzene rings is 1. The lowest BCUT2D eigenvalue weighted by atomic mass is 10.1. The van der Waals surface area contributed by atoms with Crippen LogP contribution in [-0.4, -0.2) is 15.9 Å². The van der Waals surface area contributed by atoms with Gasteiger partial charge in [-0.25, -0.2) is 0 Å². The van der Waals surface area contributed by atoms with Crippen LogP contribution in [0.5, 0.6) is 5.75 Å². The summed E-state index contributed by atoms with van der Waals surface area (Å²) < 4.78 is 0. The maximum Gasteiger partial charge on any atom is 0.311 e. The standard InChI is InChI=1S/C7H7N3O3/c8-7(9)4-2-1-3-5(6(4)11)10(12)13/h1-3,11H,(H3,8,9). The molecule has 1 rings (SSSR count). The first-order valence-corrected chi connectivity index (χ1v) is 3.35. The molecule has 0 saturated heterocycles. The number of para-hydroxylation sites is 1. The summed E-state index contributed by atoms with van der Waals surface area (Å²) in [6, 6.07) is 3.83. The van der Waals surface area contributed by atoms with Crippen LogP contribution in [-0.2, 0) is 0 Å². The fourth-order valence-corrected chi connectivity index (χ4v) is 0.896. The third-order valence-electron chi connectivity index (χ3n) is 1.50. The summed E-state index contributed by atoms with van der Waals surface area (Å²) in [7, 11) is 0. The molecular weight excluding hydrogens is 174 g/mol. The topological polar surface area (TPSA) is 113 Å². The third-order valence-corrected chi connectivity index (χ3v) is 1.50. The van der Waals surface area contributed by atoms with E-state index in [0.29, 0.717) is 0 Å². The zero-order chi connectivity index (χ0) is 10.0. The first kappa shape index (κ1) is 8.98. The van der Waals surface area contributed by atoms with Crippen molar-refractivity contribution in [1.29, 1.82) is 5.41 Å². The van der Waals surface area contributed by atoms with Crippen LogP contribution in [0.25, 0.3) is 0 Å². The van der Waals surface area contributed by atoms with E-state index >= 15 is 0 Å². The molecular formula is C7H7N3O3. The zero-order valence-electron chi connectivity index (χ0n) is 6.52. The van der Waals surface area contributed by atoms with Crippen molar-refractivity contribution in [2.75, 3.05) is 0 Å². The number of nitrogens with one attached hydrogen (secondary N) is 1. The summed E-state index contributed by atoms with van der Waals surface area (Å²) in [4.78, 5) is 9.60. The molecule has 6 nitrogen and oxygen atoms in total. The van der Waals surface area contributed by atoms with Gasteiger partial charge in [0.05, 0.1) is 10.5 Å². The second kappa shape index (κ2) is 3.10. The molecule has 6 heteroatoms. The molecule has 0 saturated carbocycles. The Morgan fingerprint density at radius 1 is 1.62 bits per heavy atom. The largest absolute Gasteiger partial charge is 0.502 e. The van der Waals surface area contributed by atoms with Gasteiger partial charge >= 0.3 is 5.69 Å². The number of nitro groups is 1. The number of rotatable bonds is 2. The number of phenols is 1. The molecule has 0 aliphatic carbocycles. The number of amidine groups is 1. The predicted octanol–water partition coefficient (Wildman–Crippen LogP) is 0.584. The van der Waals surface area contributed by atoms with Crippen molar-refractivity contribution in [1.82, 2.24) is 0 Å². The highest BCUT2D eigenvalue weighted by atomic mass is 16.6. The normalized spacial score (nSPS) is 9.54. The Balaban J connectivity index is 3.35. The van der Waals surface area contributed by atoms with Crippen molar-refractivity contribution in [3.8, 4) is 5.75 Å². The zero-order valence-corrected chi connectivity index (χ0v) is 6.52. The Kier molecular flexibility index (Phi) is 2.14. The van der Waals surface area contributed by atoms with Crippen molar-refractivity contribution < 1.29 is 10.0 Å². The molecule has 0 heterocycles. The number of aromatic hydroxyl groups is 1. The van der Waals surface area contributed by atoms with E-state index in [1.807, 2.05) is 0 Å². The fraction of sp³-hybridized carbons (Fsp3) is 0. The highest BCUT2D eigenvalue weighted by molar-refractivity contribution is 5.98. The molecule has 0 amide bonds. The smallest absolute Gasteiger partial charge is 0.311 e. The van der Waals surface area contributed by atoms with Crippen LogP contribution in [0.3, 0.4) is 0 Å².